The summed E-state index contributed by atoms with van der Waals surface area (Å²) < 4.78 is 33.9. The van der Waals surface area contributed by atoms with Crippen LogP contribution in [-0.2, 0) is 33.2 Å². The van der Waals surface area contributed by atoms with E-state index >= 15 is 0 Å². The lowest BCUT2D eigenvalue weighted by Gasteiger charge is -2.42. The molecule has 0 bridgehead atoms. The molecule has 14 heteroatoms. The zero-order valence-corrected chi connectivity index (χ0v) is 34.4. The minimum atomic E-state index is -1.70. The average Bonchev–Trinajstić information content (AvgIpc) is 3.19. The fourth-order valence-electron chi connectivity index (χ4n) is 6.87. The Bertz CT molecular complexity index is 985. The Balaban J connectivity index is 1.75. The molecule has 0 aliphatic carbocycles. The molecule has 14 nitrogen and oxygen atoms in total. The van der Waals surface area contributed by atoms with Gasteiger partial charge in [-0.05, 0) is 38.5 Å². The summed E-state index contributed by atoms with van der Waals surface area (Å²) in [5.41, 5.74) is 0. The lowest BCUT2D eigenvalue weighted by molar-refractivity contribution is -0.332. The molecule has 0 spiro atoms. The Kier molecular flexibility index (Phi) is 28.7. The second-order valence-corrected chi connectivity index (χ2v) is 15.5. The molecule has 2 rings (SSSR count). The van der Waals surface area contributed by atoms with Crippen LogP contribution in [0.4, 0.5) is 0 Å². The third-order valence-electron chi connectivity index (χ3n) is 10.5. The maximum Gasteiger partial charge on any atom is 0.306 e. The lowest BCUT2D eigenvalue weighted by atomic mass is 9.98. The summed E-state index contributed by atoms with van der Waals surface area (Å²) in [6.07, 6.45) is 12.0. The maximum atomic E-state index is 12.7. The Morgan fingerprint density at radius 2 is 1.05 bits per heavy atom. The lowest BCUT2D eigenvalue weighted by Crippen LogP contribution is -2.61. The first kappa shape index (κ1) is 50.9. The number of rotatable bonds is 33. The number of ether oxygens (including phenoxy) is 6. The van der Waals surface area contributed by atoms with Crippen molar-refractivity contribution in [3.63, 3.8) is 0 Å². The van der Waals surface area contributed by atoms with Crippen LogP contribution >= 0.6 is 0 Å². The van der Waals surface area contributed by atoms with E-state index in [1.807, 2.05) is 0 Å². The molecule has 0 radical (unpaired) electrons. The molecular formula is C42H78O14. The molecule has 0 amide bonds. The van der Waals surface area contributed by atoms with Crippen LogP contribution in [0.3, 0.4) is 0 Å². The van der Waals surface area contributed by atoms with Gasteiger partial charge in [-0.25, -0.2) is 0 Å². The van der Waals surface area contributed by atoms with Crippen molar-refractivity contribution in [1.82, 2.24) is 0 Å². The fourth-order valence-corrected chi connectivity index (χ4v) is 6.87. The first-order valence-corrected chi connectivity index (χ1v) is 21.8. The number of unbranched alkanes of at least 4 members (excludes halogenated alkanes) is 17. The number of aliphatic hydroxyl groups is 7. The number of aliphatic hydroxyl groups excluding tert-OH is 7. The molecule has 330 valence electrons. The SMILES string of the molecule is CCCCCCCCC/C=C\CCCCCCCCOCC(COC1OC(COC2OC(CO)C(O)C(O)C2O)C(O)C(O)C1O)OC(=O)CCCCCCC. The third-order valence-corrected chi connectivity index (χ3v) is 10.5. The van der Waals surface area contributed by atoms with Crippen molar-refractivity contribution in [2.75, 3.05) is 33.0 Å². The predicted molar refractivity (Wildman–Crippen MR) is 210 cm³/mol. The molecule has 2 saturated heterocycles. The minimum Gasteiger partial charge on any atom is -0.457 e. The monoisotopic (exact) mass is 807 g/mol. The van der Waals surface area contributed by atoms with Gasteiger partial charge in [0.25, 0.3) is 0 Å². The summed E-state index contributed by atoms with van der Waals surface area (Å²) in [6.45, 7) is 3.56. The second kappa shape index (κ2) is 31.6. The Morgan fingerprint density at radius 1 is 0.571 bits per heavy atom. The van der Waals surface area contributed by atoms with Crippen LogP contribution in [0.5, 0.6) is 0 Å². The van der Waals surface area contributed by atoms with Crippen molar-refractivity contribution < 1.29 is 69.0 Å². The van der Waals surface area contributed by atoms with E-state index in [1.165, 1.54) is 70.6 Å². The van der Waals surface area contributed by atoms with Crippen molar-refractivity contribution in [2.45, 2.75) is 216 Å². The first-order valence-electron chi connectivity index (χ1n) is 21.8. The molecule has 0 aromatic rings. The number of carbonyl (C=O) groups excluding carboxylic acids is 1. The molecule has 11 atom stereocenters. The zero-order chi connectivity index (χ0) is 41.0. The van der Waals surface area contributed by atoms with E-state index in [-0.39, 0.29) is 19.6 Å². The van der Waals surface area contributed by atoms with Gasteiger partial charge in [-0.1, -0.05) is 116 Å². The van der Waals surface area contributed by atoms with E-state index in [1.54, 1.807) is 0 Å². The first-order chi connectivity index (χ1) is 27.1. The smallest absolute Gasteiger partial charge is 0.306 e. The molecule has 7 N–H and O–H groups in total. The van der Waals surface area contributed by atoms with Gasteiger partial charge in [-0.3, -0.25) is 4.79 Å². The van der Waals surface area contributed by atoms with Crippen LogP contribution in [0.2, 0.25) is 0 Å². The second-order valence-electron chi connectivity index (χ2n) is 15.5. The van der Waals surface area contributed by atoms with Gasteiger partial charge in [0.2, 0.25) is 0 Å². The minimum absolute atomic E-state index is 0.0599. The number of carbonyl (C=O) groups is 1. The van der Waals surface area contributed by atoms with Gasteiger partial charge in [0.05, 0.1) is 26.4 Å². The number of esters is 1. The molecule has 2 heterocycles. The molecular weight excluding hydrogens is 728 g/mol. The van der Waals surface area contributed by atoms with Crippen LogP contribution in [0.1, 0.15) is 149 Å². The molecule has 0 aromatic heterocycles. The topological polar surface area (TPSA) is 214 Å². The highest BCUT2D eigenvalue weighted by Gasteiger charge is 2.47. The van der Waals surface area contributed by atoms with E-state index in [4.69, 9.17) is 28.4 Å². The highest BCUT2D eigenvalue weighted by atomic mass is 16.7. The van der Waals surface area contributed by atoms with Crippen LogP contribution in [-0.4, -0.2) is 142 Å². The summed E-state index contributed by atoms with van der Waals surface area (Å²) >= 11 is 0. The van der Waals surface area contributed by atoms with E-state index < -0.39 is 86.7 Å². The predicted octanol–water partition coefficient (Wildman–Crippen LogP) is 4.34. The van der Waals surface area contributed by atoms with Gasteiger partial charge in [-0.2, -0.15) is 0 Å². The Hall–Kier alpha value is -1.27. The molecule has 56 heavy (non-hydrogen) atoms. The number of hydrogen-bond donors (Lipinski definition) is 7. The van der Waals surface area contributed by atoms with Gasteiger partial charge >= 0.3 is 5.97 Å². The molecule has 2 fully saturated rings. The Labute approximate surface area is 335 Å². The molecule has 0 aromatic carbocycles. The number of allylic oxidation sites excluding steroid dienone is 2. The Morgan fingerprint density at radius 3 is 1.62 bits per heavy atom. The number of hydrogen-bond acceptors (Lipinski definition) is 14. The normalized spacial score (nSPS) is 28.9. The third kappa shape index (κ3) is 20.6. The zero-order valence-electron chi connectivity index (χ0n) is 34.4. The van der Waals surface area contributed by atoms with E-state index in [9.17, 15) is 40.5 Å². The van der Waals surface area contributed by atoms with Crippen molar-refractivity contribution in [3.05, 3.63) is 12.2 Å². The summed E-state index contributed by atoms with van der Waals surface area (Å²) in [5.74, 6) is -0.391. The summed E-state index contributed by atoms with van der Waals surface area (Å²) in [5, 5.41) is 71.6. The highest BCUT2D eigenvalue weighted by molar-refractivity contribution is 5.69. The maximum absolute atomic E-state index is 12.7. The highest BCUT2D eigenvalue weighted by Crippen LogP contribution is 2.26. The largest absolute Gasteiger partial charge is 0.457 e. The molecule has 11 unspecified atom stereocenters. The van der Waals surface area contributed by atoms with Gasteiger partial charge in [0.1, 0.15) is 54.9 Å². The van der Waals surface area contributed by atoms with E-state index in [2.05, 4.69) is 26.0 Å². The van der Waals surface area contributed by atoms with Crippen molar-refractivity contribution in [3.8, 4) is 0 Å². The summed E-state index contributed by atoms with van der Waals surface area (Å²) in [4.78, 5) is 12.7. The average molecular weight is 807 g/mol. The van der Waals surface area contributed by atoms with Crippen LogP contribution < -0.4 is 0 Å². The van der Waals surface area contributed by atoms with Gasteiger partial charge < -0.3 is 64.2 Å². The van der Waals surface area contributed by atoms with Crippen LogP contribution in [0, 0.1) is 0 Å². The molecule has 2 aliphatic rings. The summed E-state index contributed by atoms with van der Waals surface area (Å²) in [6, 6.07) is 0. The van der Waals surface area contributed by atoms with Gasteiger partial charge in [0.15, 0.2) is 12.6 Å². The van der Waals surface area contributed by atoms with Crippen LogP contribution in [0.15, 0.2) is 12.2 Å². The molecule has 0 saturated carbocycles. The van der Waals surface area contributed by atoms with E-state index in [0.717, 1.165) is 51.4 Å². The fraction of sp³-hybridized carbons (Fsp3) is 0.929. The standard InChI is InChI=1S/C42H78O14/c1-3-5-7-9-10-11-12-13-14-15-16-17-18-19-20-22-24-26-51-28-31(54-34(44)25-23-21-8-6-4-2)29-52-41-40(50)38(48)36(46)33(56-41)30-53-42-39(49)37(47)35(45)32(27-43)55-42/h14-15,31-33,35-43,45-50H,3-13,16-30H2,1-2H3/b15-14-. The summed E-state index contributed by atoms with van der Waals surface area (Å²) in [7, 11) is 0. The van der Waals surface area contributed by atoms with Crippen molar-refractivity contribution in [2.24, 2.45) is 0 Å². The van der Waals surface area contributed by atoms with Crippen LogP contribution in [0.25, 0.3) is 0 Å². The van der Waals surface area contributed by atoms with Crippen molar-refractivity contribution in [1.29, 1.82) is 0 Å². The van der Waals surface area contributed by atoms with Gasteiger partial charge in [0, 0.05) is 13.0 Å². The van der Waals surface area contributed by atoms with Crippen molar-refractivity contribution >= 4 is 5.97 Å². The van der Waals surface area contributed by atoms with E-state index in [0.29, 0.717) is 13.0 Å². The quantitative estimate of drug-likeness (QED) is 0.0279. The van der Waals surface area contributed by atoms with Gasteiger partial charge in [-0.15, -0.1) is 0 Å². The molecule has 2 aliphatic heterocycles.